The summed E-state index contributed by atoms with van der Waals surface area (Å²) in [5.41, 5.74) is 0.954. The van der Waals surface area contributed by atoms with Gasteiger partial charge < -0.3 is 39.2 Å². The molecule has 2 aliphatic heterocycles. The van der Waals surface area contributed by atoms with Crippen LogP contribution in [0.25, 0.3) is 0 Å². The highest BCUT2D eigenvalue weighted by Gasteiger charge is 2.50. The zero-order valence-electron chi connectivity index (χ0n) is 27.0. The van der Waals surface area contributed by atoms with E-state index in [1.165, 1.54) is 51.4 Å². The Hall–Kier alpha value is -1.91. The van der Waals surface area contributed by atoms with Crippen LogP contribution in [-0.2, 0) is 25.4 Å². The number of unbranched alkanes of at least 4 members (excludes halogenated alkanes) is 10. The van der Waals surface area contributed by atoms with Gasteiger partial charge in [-0.25, -0.2) is 0 Å². The lowest BCUT2D eigenvalue weighted by atomic mass is 9.95. The molecule has 1 amide bonds. The first-order valence-electron chi connectivity index (χ1n) is 16.7. The Morgan fingerprint density at radius 1 is 0.907 bits per heavy atom. The van der Waals surface area contributed by atoms with E-state index in [1.807, 2.05) is 18.2 Å². The number of ether oxygens (including phenoxy) is 5. The minimum Gasteiger partial charge on any atom is -0.490 e. The number of hydrogen-bond donors (Lipinski definition) is 3. The van der Waals surface area contributed by atoms with Crippen molar-refractivity contribution in [3.63, 3.8) is 0 Å². The maximum atomic E-state index is 12.9. The highest BCUT2D eigenvalue weighted by molar-refractivity contribution is 5.76. The first kappa shape index (κ1) is 35.6. The van der Waals surface area contributed by atoms with Crippen molar-refractivity contribution in [2.75, 3.05) is 19.8 Å². The van der Waals surface area contributed by atoms with E-state index < -0.39 is 36.4 Å². The monoisotopic (exact) mass is 607 g/mol. The lowest BCUT2D eigenvalue weighted by Gasteiger charge is -2.48. The first-order valence-corrected chi connectivity index (χ1v) is 16.7. The number of fused-ring (bicyclic) bond motifs is 1. The van der Waals surface area contributed by atoms with Crippen LogP contribution in [0.3, 0.4) is 0 Å². The van der Waals surface area contributed by atoms with Crippen molar-refractivity contribution in [1.29, 1.82) is 0 Å². The third-order valence-corrected chi connectivity index (χ3v) is 8.19. The Labute approximate surface area is 259 Å². The zero-order chi connectivity index (χ0) is 31.1. The minimum absolute atomic E-state index is 0.175. The normalized spacial score (nSPS) is 24.7. The topological polar surface area (TPSA) is 116 Å². The highest BCUT2D eigenvalue weighted by Crippen LogP contribution is 2.32. The largest absolute Gasteiger partial charge is 0.490 e. The third-order valence-electron chi connectivity index (χ3n) is 8.19. The van der Waals surface area contributed by atoms with Crippen molar-refractivity contribution in [2.45, 2.75) is 154 Å². The molecule has 43 heavy (non-hydrogen) atoms. The average Bonchev–Trinajstić information content (AvgIpc) is 2.98. The minimum atomic E-state index is -1.36. The van der Waals surface area contributed by atoms with Crippen LogP contribution in [-0.4, -0.2) is 72.4 Å². The molecule has 0 spiro atoms. The van der Waals surface area contributed by atoms with Gasteiger partial charge in [0, 0.05) is 6.42 Å². The van der Waals surface area contributed by atoms with Crippen molar-refractivity contribution < 1.29 is 38.7 Å². The molecular weight excluding hydrogens is 550 g/mol. The van der Waals surface area contributed by atoms with Crippen molar-refractivity contribution in [1.82, 2.24) is 5.32 Å². The number of carbonyl (C=O) groups is 1. The van der Waals surface area contributed by atoms with E-state index in [0.29, 0.717) is 25.4 Å². The average molecular weight is 608 g/mol. The molecule has 5 atom stereocenters. The van der Waals surface area contributed by atoms with Crippen molar-refractivity contribution >= 4 is 5.91 Å². The molecule has 1 aromatic rings. The van der Waals surface area contributed by atoms with E-state index >= 15 is 0 Å². The van der Waals surface area contributed by atoms with Crippen LogP contribution in [0.2, 0.25) is 0 Å². The summed E-state index contributed by atoms with van der Waals surface area (Å²) in [6, 6.07) is 4.87. The second-order valence-electron chi connectivity index (χ2n) is 12.5. The number of aliphatic hydroxyl groups excluding tert-OH is 2. The molecule has 246 valence electrons. The van der Waals surface area contributed by atoms with Crippen LogP contribution in [0.15, 0.2) is 18.2 Å². The second-order valence-corrected chi connectivity index (χ2v) is 12.5. The molecule has 3 rings (SSSR count). The van der Waals surface area contributed by atoms with Gasteiger partial charge in [0.05, 0.1) is 19.8 Å². The van der Waals surface area contributed by atoms with E-state index in [4.69, 9.17) is 23.7 Å². The molecule has 2 fully saturated rings. The van der Waals surface area contributed by atoms with Gasteiger partial charge in [-0.3, -0.25) is 4.79 Å². The summed E-state index contributed by atoms with van der Waals surface area (Å²) in [5.74, 6) is 0.276. The van der Waals surface area contributed by atoms with Gasteiger partial charge in [0.2, 0.25) is 5.91 Å². The van der Waals surface area contributed by atoms with Gasteiger partial charge in [0.15, 0.2) is 23.6 Å². The van der Waals surface area contributed by atoms with Gasteiger partial charge in [-0.05, 0) is 50.8 Å². The molecule has 2 heterocycles. The van der Waals surface area contributed by atoms with E-state index in [2.05, 4.69) is 19.2 Å². The van der Waals surface area contributed by atoms with E-state index in [9.17, 15) is 15.0 Å². The van der Waals surface area contributed by atoms with Gasteiger partial charge >= 0.3 is 0 Å². The molecule has 9 nitrogen and oxygen atoms in total. The smallest absolute Gasteiger partial charge is 0.220 e. The number of carbonyl (C=O) groups excluding carboxylic acids is 1. The quantitative estimate of drug-likeness (QED) is 0.159. The fourth-order valence-corrected chi connectivity index (χ4v) is 5.60. The molecule has 9 heteroatoms. The number of hydrogen-bond acceptors (Lipinski definition) is 8. The summed E-state index contributed by atoms with van der Waals surface area (Å²) in [6.45, 7) is 9.44. The molecule has 0 unspecified atom stereocenters. The lowest BCUT2D eigenvalue weighted by molar-refractivity contribution is -0.364. The van der Waals surface area contributed by atoms with Gasteiger partial charge in [-0.1, -0.05) is 84.1 Å². The molecule has 0 radical (unpaired) electrons. The Morgan fingerprint density at radius 3 is 2.16 bits per heavy atom. The van der Waals surface area contributed by atoms with Gasteiger partial charge in [0.1, 0.15) is 24.4 Å². The highest BCUT2D eigenvalue weighted by atomic mass is 16.7. The predicted molar refractivity (Wildman–Crippen MR) is 166 cm³/mol. The molecule has 0 saturated carbocycles. The van der Waals surface area contributed by atoms with Crippen molar-refractivity contribution in [2.24, 2.45) is 0 Å². The molecule has 0 aliphatic carbocycles. The summed E-state index contributed by atoms with van der Waals surface area (Å²) in [6.07, 6.45) is 11.2. The van der Waals surface area contributed by atoms with Gasteiger partial charge in [0.25, 0.3) is 0 Å². The Bertz CT molecular complexity index is 941. The molecule has 2 aliphatic rings. The second kappa shape index (κ2) is 18.8. The molecule has 0 aromatic heterocycles. The van der Waals surface area contributed by atoms with Crippen LogP contribution < -0.4 is 14.8 Å². The van der Waals surface area contributed by atoms with Crippen LogP contribution in [0, 0.1) is 0 Å². The predicted octanol–water partition coefficient (Wildman–Crippen LogP) is 5.81. The number of amides is 1. The molecule has 3 N–H and O–H groups in total. The molecule has 1 aromatic carbocycles. The van der Waals surface area contributed by atoms with Crippen molar-refractivity contribution in [3.8, 4) is 11.5 Å². The fraction of sp³-hybridized carbons (Fsp3) is 0.794. The lowest BCUT2D eigenvalue weighted by Crippen LogP contribution is -2.68. The first-order chi connectivity index (χ1) is 20.7. The summed E-state index contributed by atoms with van der Waals surface area (Å²) in [4.78, 5) is 12.9. The van der Waals surface area contributed by atoms with Gasteiger partial charge in [-0.15, -0.1) is 0 Å². The van der Waals surface area contributed by atoms with Crippen LogP contribution >= 0.6 is 0 Å². The number of benzene rings is 1. The number of rotatable bonds is 20. The summed E-state index contributed by atoms with van der Waals surface area (Å²) >= 11 is 0. The Balaban J connectivity index is 1.52. The van der Waals surface area contributed by atoms with Crippen LogP contribution in [0.5, 0.6) is 11.5 Å². The maximum Gasteiger partial charge on any atom is 0.220 e. The molecule has 2 saturated heterocycles. The number of aliphatic hydroxyl groups is 2. The third kappa shape index (κ3) is 12.2. The van der Waals surface area contributed by atoms with Crippen molar-refractivity contribution in [3.05, 3.63) is 23.8 Å². The molecule has 0 bridgehead atoms. The molecular formula is C34H57NO8. The van der Waals surface area contributed by atoms with E-state index in [1.54, 1.807) is 13.8 Å². The summed E-state index contributed by atoms with van der Waals surface area (Å²) in [5, 5.41) is 24.1. The Kier molecular flexibility index (Phi) is 15.5. The Morgan fingerprint density at radius 2 is 1.51 bits per heavy atom. The number of nitrogens with one attached hydrogen (secondary N) is 1. The fourth-order valence-electron chi connectivity index (χ4n) is 5.60. The van der Waals surface area contributed by atoms with E-state index in [0.717, 1.165) is 37.0 Å². The van der Waals surface area contributed by atoms with Gasteiger partial charge in [-0.2, -0.15) is 0 Å². The standard InChI is InChI=1S/C34H57NO8/c1-5-7-9-11-13-15-21-39-26-19-17-25(23-27(26)40-22-16-14-12-10-8-6-2)18-20-29(36)35-30-31(37)32-28(42-33(30)38)24-41-34(3,4)43-32/h17,19,23,28,30-33,37-38H,5-16,18,20-22,24H2,1-4H3,(H,35,36)/t28-,30-,31-,32-,33-/m1/s1. The van der Waals surface area contributed by atoms with Crippen LogP contribution in [0.1, 0.15) is 117 Å². The van der Waals surface area contributed by atoms with E-state index in [-0.39, 0.29) is 18.9 Å². The zero-order valence-corrected chi connectivity index (χ0v) is 27.0. The van der Waals surface area contributed by atoms with Crippen LogP contribution in [0.4, 0.5) is 0 Å². The number of aryl methyl sites for hydroxylation is 1. The summed E-state index contributed by atoms with van der Waals surface area (Å²) in [7, 11) is 0. The SMILES string of the molecule is CCCCCCCCOc1ccc(CCC(=O)N[C@@H]2[C@@H](O)[C@@H]3OC(C)(C)OC[C@H]3O[C@H]2O)cc1OCCCCCCCC. The maximum absolute atomic E-state index is 12.9. The summed E-state index contributed by atoms with van der Waals surface area (Å²) < 4.78 is 29.3.